The molecule has 0 saturated carbocycles. The first-order valence-electron chi connectivity index (χ1n) is 5.95. The van der Waals surface area contributed by atoms with Crippen LogP contribution in [0.4, 0.5) is 0 Å². The van der Waals surface area contributed by atoms with Crippen molar-refractivity contribution in [3.05, 3.63) is 27.7 Å². The molecular weight excluding hydrogens is 236 g/mol. The third kappa shape index (κ3) is 1.45. The monoisotopic (exact) mass is 250 g/mol. The van der Waals surface area contributed by atoms with E-state index in [1.807, 2.05) is 0 Å². The van der Waals surface area contributed by atoms with Crippen molar-refractivity contribution in [2.45, 2.75) is 26.1 Å². The highest BCUT2D eigenvalue weighted by Crippen LogP contribution is 2.25. The van der Waals surface area contributed by atoms with Gasteiger partial charge in [-0.2, -0.15) is 0 Å². The molecule has 1 aromatic rings. The summed E-state index contributed by atoms with van der Waals surface area (Å²) < 4.78 is 7.16. The van der Waals surface area contributed by atoms with Gasteiger partial charge in [-0.3, -0.25) is 9.59 Å². The van der Waals surface area contributed by atoms with Crippen LogP contribution in [-0.2, 0) is 11.3 Å². The van der Waals surface area contributed by atoms with Gasteiger partial charge in [0.2, 0.25) is 5.43 Å². The fourth-order valence-electron chi connectivity index (χ4n) is 2.53. The number of carbonyl (C=O) groups excluding carboxylic acids is 1. The van der Waals surface area contributed by atoms with Crippen molar-refractivity contribution >= 4 is 5.91 Å². The Bertz CT molecular complexity index is 578. The van der Waals surface area contributed by atoms with E-state index in [4.69, 9.17) is 4.74 Å². The molecule has 1 atom stereocenters. The van der Waals surface area contributed by atoms with Crippen LogP contribution in [0.5, 0.6) is 5.75 Å². The van der Waals surface area contributed by atoms with E-state index in [1.165, 1.54) is 0 Å². The smallest absolute Gasteiger partial charge is 0.276 e. The predicted molar refractivity (Wildman–Crippen MR) is 62.5 cm³/mol. The summed E-state index contributed by atoms with van der Waals surface area (Å²) in [5, 5.41) is 9.86. The fraction of sp³-hybridized carbons (Fsp3) is 0.500. The Morgan fingerprint density at radius 1 is 1.44 bits per heavy atom. The van der Waals surface area contributed by atoms with Crippen LogP contribution in [0.15, 0.2) is 11.0 Å². The average Bonchev–Trinajstić information content (AvgIpc) is 2.36. The molecule has 0 spiro atoms. The van der Waals surface area contributed by atoms with E-state index in [0.29, 0.717) is 25.3 Å². The number of pyridine rings is 1. The van der Waals surface area contributed by atoms with Crippen molar-refractivity contribution in [3.63, 3.8) is 0 Å². The molecule has 3 heterocycles. The molecule has 2 aliphatic heterocycles. The highest BCUT2D eigenvalue weighted by molar-refractivity contribution is 5.96. The highest BCUT2D eigenvalue weighted by Gasteiger charge is 2.37. The lowest BCUT2D eigenvalue weighted by molar-refractivity contribution is -0.0919. The Balaban J connectivity index is 2.16. The minimum absolute atomic E-state index is 0.0763. The van der Waals surface area contributed by atoms with Gasteiger partial charge in [0.25, 0.3) is 5.91 Å². The lowest BCUT2D eigenvalue weighted by Gasteiger charge is -2.40. The van der Waals surface area contributed by atoms with Gasteiger partial charge in [0.1, 0.15) is 0 Å². The van der Waals surface area contributed by atoms with Crippen molar-refractivity contribution in [2.75, 3.05) is 13.2 Å². The van der Waals surface area contributed by atoms with E-state index < -0.39 is 11.2 Å². The molecule has 1 fully saturated rings. The zero-order valence-electron chi connectivity index (χ0n) is 10.0. The standard InChI is InChI=1S/C12H14N2O4/c1-7-5-13-6-8-14(3-2-4-18-8)12(17)9(13)11(16)10(7)15/h5,8,16H,2-4,6H2,1H3/t8-/m0/s1. The number of ether oxygens (including phenoxy) is 1. The Labute approximate surface area is 103 Å². The first-order chi connectivity index (χ1) is 8.59. The van der Waals surface area contributed by atoms with Gasteiger partial charge in [-0.15, -0.1) is 0 Å². The zero-order valence-corrected chi connectivity index (χ0v) is 10.0. The van der Waals surface area contributed by atoms with Crippen molar-refractivity contribution in [1.82, 2.24) is 9.47 Å². The zero-order chi connectivity index (χ0) is 12.9. The van der Waals surface area contributed by atoms with E-state index in [1.54, 1.807) is 22.6 Å². The van der Waals surface area contributed by atoms with E-state index in [2.05, 4.69) is 0 Å². The van der Waals surface area contributed by atoms with E-state index in [-0.39, 0.29) is 17.8 Å². The second-order valence-electron chi connectivity index (χ2n) is 4.67. The number of aryl methyl sites for hydroxylation is 1. The Morgan fingerprint density at radius 2 is 2.22 bits per heavy atom. The number of rotatable bonds is 0. The molecule has 96 valence electrons. The SMILES string of the molecule is Cc1cn2c(c(O)c1=O)C(=O)N1CCCO[C@H]1C2. The summed E-state index contributed by atoms with van der Waals surface area (Å²) in [5.41, 5.74) is 0.0200. The largest absolute Gasteiger partial charge is 0.503 e. The number of hydrogen-bond acceptors (Lipinski definition) is 4. The molecule has 2 aliphatic rings. The topological polar surface area (TPSA) is 71.8 Å². The average molecular weight is 250 g/mol. The number of fused-ring (bicyclic) bond motifs is 2. The molecule has 3 rings (SSSR count). The minimum Gasteiger partial charge on any atom is -0.503 e. The molecule has 1 amide bonds. The molecule has 0 unspecified atom stereocenters. The summed E-state index contributed by atoms with van der Waals surface area (Å²) in [6.07, 6.45) is 2.09. The van der Waals surface area contributed by atoms with Crippen LogP contribution < -0.4 is 5.43 Å². The number of hydrogen-bond donors (Lipinski definition) is 1. The highest BCUT2D eigenvalue weighted by atomic mass is 16.5. The molecule has 0 aliphatic carbocycles. The molecule has 18 heavy (non-hydrogen) atoms. The van der Waals surface area contributed by atoms with Gasteiger partial charge >= 0.3 is 0 Å². The van der Waals surface area contributed by atoms with Crippen molar-refractivity contribution < 1.29 is 14.6 Å². The van der Waals surface area contributed by atoms with Crippen LogP contribution in [0.1, 0.15) is 22.5 Å². The maximum absolute atomic E-state index is 12.3. The maximum Gasteiger partial charge on any atom is 0.276 e. The molecule has 6 heteroatoms. The lowest BCUT2D eigenvalue weighted by atomic mass is 10.1. The van der Waals surface area contributed by atoms with Gasteiger partial charge in [0.15, 0.2) is 17.7 Å². The van der Waals surface area contributed by atoms with Crippen molar-refractivity contribution in [2.24, 2.45) is 0 Å². The molecule has 1 N–H and O–H groups in total. The summed E-state index contributed by atoms with van der Waals surface area (Å²) in [4.78, 5) is 25.5. The van der Waals surface area contributed by atoms with E-state index >= 15 is 0 Å². The van der Waals surface area contributed by atoms with Crippen LogP contribution in [0.3, 0.4) is 0 Å². The van der Waals surface area contributed by atoms with Crippen LogP contribution in [0.2, 0.25) is 0 Å². The third-order valence-corrected chi connectivity index (χ3v) is 3.45. The molecule has 1 saturated heterocycles. The Hall–Kier alpha value is -1.82. The normalized spacial score (nSPS) is 22.6. The van der Waals surface area contributed by atoms with E-state index in [9.17, 15) is 14.7 Å². The second kappa shape index (κ2) is 3.84. The van der Waals surface area contributed by atoms with Crippen LogP contribution in [-0.4, -0.2) is 39.9 Å². The molecule has 0 bridgehead atoms. The van der Waals surface area contributed by atoms with Crippen LogP contribution in [0, 0.1) is 6.92 Å². The summed E-state index contributed by atoms with van der Waals surface area (Å²) in [6.45, 7) is 3.31. The molecule has 0 radical (unpaired) electrons. The van der Waals surface area contributed by atoms with Crippen LogP contribution >= 0.6 is 0 Å². The molecular formula is C12H14N2O4. The number of aromatic nitrogens is 1. The maximum atomic E-state index is 12.3. The third-order valence-electron chi connectivity index (χ3n) is 3.45. The van der Waals surface area contributed by atoms with Crippen molar-refractivity contribution in [1.29, 1.82) is 0 Å². The lowest BCUT2D eigenvalue weighted by Crippen LogP contribution is -2.53. The second-order valence-corrected chi connectivity index (χ2v) is 4.67. The van der Waals surface area contributed by atoms with Gasteiger partial charge < -0.3 is 19.3 Å². The van der Waals surface area contributed by atoms with Gasteiger partial charge in [-0.05, 0) is 13.3 Å². The quantitative estimate of drug-likeness (QED) is 0.707. The van der Waals surface area contributed by atoms with Gasteiger partial charge in [0, 0.05) is 18.3 Å². The number of carbonyl (C=O) groups is 1. The number of amides is 1. The summed E-state index contributed by atoms with van der Waals surface area (Å²) >= 11 is 0. The first-order valence-corrected chi connectivity index (χ1v) is 5.95. The van der Waals surface area contributed by atoms with E-state index in [0.717, 1.165) is 6.42 Å². The van der Waals surface area contributed by atoms with Crippen molar-refractivity contribution in [3.8, 4) is 5.75 Å². The minimum atomic E-state index is -0.481. The Kier molecular flexibility index (Phi) is 2.41. The van der Waals surface area contributed by atoms with Crippen LogP contribution in [0.25, 0.3) is 0 Å². The van der Waals surface area contributed by atoms with Gasteiger partial charge in [0.05, 0.1) is 13.2 Å². The number of aromatic hydroxyl groups is 1. The molecule has 6 nitrogen and oxygen atoms in total. The summed E-state index contributed by atoms with van der Waals surface area (Å²) in [6, 6.07) is 0. The molecule has 0 aromatic carbocycles. The summed E-state index contributed by atoms with van der Waals surface area (Å²) in [7, 11) is 0. The Morgan fingerprint density at radius 3 is 3.00 bits per heavy atom. The predicted octanol–water partition coefficient (Wildman–Crippen LogP) is 0.0645. The van der Waals surface area contributed by atoms with Gasteiger partial charge in [-0.25, -0.2) is 0 Å². The van der Waals surface area contributed by atoms with Gasteiger partial charge in [-0.1, -0.05) is 0 Å². The summed E-state index contributed by atoms with van der Waals surface area (Å²) in [5.74, 6) is -0.787. The first kappa shape index (κ1) is 11.3. The molecule has 1 aromatic heterocycles. The fourth-order valence-corrected chi connectivity index (χ4v) is 2.53. The number of nitrogens with zero attached hydrogens (tertiary/aromatic N) is 2.